The predicted molar refractivity (Wildman–Crippen MR) is 132 cm³/mol. The molecule has 7 nitrogen and oxygen atoms in total. The number of halogens is 2. The summed E-state index contributed by atoms with van der Waals surface area (Å²) in [6, 6.07) is 10.8. The van der Waals surface area contributed by atoms with Crippen molar-refractivity contribution in [1.82, 2.24) is 9.66 Å². The average molecular weight is 565 g/mol. The molecule has 0 unspecified atom stereocenters. The Balaban J connectivity index is 1.95. The Labute approximate surface area is 202 Å². The fourth-order valence-electron chi connectivity index (χ4n) is 3.03. The van der Waals surface area contributed by atoms with Crippen LogP contribution in [0.5, 0.6) is 5.75 Å². The van der Waals surface area contributed by atoms with Crippen LogP contribution in [0.25, 0.3) is 10.9 Å². The third-order valence-electron chi connectivity index (χ3n) is 4.74. The van der Waals surface area contributed by atoms with Gasteiger partial charge in [-0.05, 0) is 71.2 Å². The van der Waals surface area contributed by atoms with Crippen LogP contribution in [0.4, 0.5) is 0 Å². The Hall–Kier alpha value is -2.52. The van der Waals surface area contributed by atoms with Crippen LogP contribution < -0.4 is 10.3 Å². The van der Waals surface area contributed by atoms with Gasteiger partial charge in [0.25, 0.3) is 5.56 Å². The van der Waals surface area contributed by atoms with Crippen LogP contribution in [0.15, 0.2) is 55.2 Å². The molecule has 1 atom stereocenters. The van der Waals surface area contributed by atoms with Crippen LogP contribution in [-0.4, -0.2) is 35.1 Å². The molecule has 1 heterocycles. The van der Waals surface area contributed by atoms with E-state index >= 15 is 0 Å². The number of ether oxygens (including phenoxy) is 2. The van der Waals surface area contributed by atoms with Crippen LogP contribution in [0, 0.1) is 0 Å². The number of nitrogens with zero attached hydrogens (tertiary/aromatic N) is 3. The monoisotopic (exact) mass is 563 g/mol. The van der Waals surface area contributed by atoms with E-state index in [0.29, 0.717) is 33.4 Å². The summed E-state index contributed by atoms with van der Waals surface area (Å²) in [5.74, 6) is 0.656. The molecule has 0 radical (unpaired) electrons. The van der Waals surface area contributed by atoms with Gasteiger partial charge in [0.1, 0.15) is 11.6 Å². The summed E-state index contributed by atoms with van der Waals surface area (Å²) < 4.78 is 13.1. The Morgan fingerprint density at radius 2 is 2.03 bits per heavy atom. The molecule has 3 rings (SSSR count). The summed E-state index contributed by atoms with van der Waals surface area (Å²) in [6.45, 7) is 3.70. The molecule has 32 heavy (non-hydrogen) atoms. The molecule has 0 spiro atoms. The van der Waals surface area contributed by atoms with Gasteiger partial charge in [0.05, 0.1) is 28.7 Å². The van der Waals surface area contributed by atoms with E-state index in [9.17, 15) is 9.59 Å². The molecule has 0 aliphatic rings. The molecule has 9 heteroatoms. The maximum Gasteiger partial charge on any atom is 0.346 e. The summed E-state index contributed by atoms with van der Waals surface area (Å²) >= 11 is 6.86. The van der Waals surface area contributed by atoms with Crippen LogP contribution >= 0.6 is 31.9 Å². The number of benzene rings is 2. The highest BCUT2D eigenvalue weighted by atomic mass is 79.9. The Bertz CT molecular complexity index is 1220. The number of carbonyl (C=O) groups excluding carboxylic acids is 1. The van der Waals surface area contributed by atoms with Crippen LogP contribution in [0.3, 0.4) is 0 Å². The number of unbranched alkanes of at least 4 members (excludes halogenated alkanes) is 1. The zero-order valence-electron chi connectivity index (χ0n) is 18.0. The van der Waals surface area contributed by atoms with E-state index in [1.165, 1.54) is 11.8 Å². The molecule has 0 saturated heterocycles. The highest BCUT2D eigenvalue weighted by molar-refractivity contribution is 9.10. The van der Waals surface area contributed by atoms with E-state index in [4.69, 9.17) is 4.74 Å². The number of carbonyl (C=O) groups is 1. The molecular weight excluding hydrogens is 542 g/mol. The normalized spacial score (nSPS) is 12.3. The minimum Gasteiger partial charge on any atom is -0.478 e. The van der Waals surface area contributed by atoms with Gasteiger partial charge in [0.15, 0.2) is 6.10 Å². The first-order valence-electron chi connectivity index (χ1n) is 10.1. The van der Waals surface area contributed by atoms with E-state index in [1.54, 1.807) is 37.4 Å². The van der Waals surface area contributed by atoms with Gasteiger partial charge in [-0.2, -0.15) is 9.78 Å². The number of rotatable bonds is 8. The molecule has 2 aromatic carbocycles. The van der Waals surface area contributed by atoms with Crippen molar-refractivity contribution in [1.29, 1.82) is 0 Å². The molecule has 0 aliphatic carbocycles. The lowest BCUT2D eigenvalue weighted by atomic mass is 10.2. The largest absolute Gasteiger partial charge is 0.478 e. The third-order valence-corrected chi connectivity index (χ3v) is 5.86. The number of esters is 1. The summed E-state index contributed by atoms with van der Waals surface area (Å²) in [5, 5.41) is 4.95. The molecule has 0 amide bonds. The van der Waals surface area contributed by atoms with Gasteiger partial charge in [-0.3, -0.25) is 4.79 Å². The average Bonchev–Trinajstić information content (AvgIpc) is 2.78. The van der Waals surface area contributed by atoms with Crippen LogP contribution in [-0.2, 0) is 16.0 Å². The Kier molecular flexibility index (Phi) is 8.20. The Morgan fingerprint density at radius 1 is 1.25 bits per heavy atom. The lowest BCUT2D eigenvalue weighted by Crippen LogP contribution is -2.25. The molecule has 0 bridgehead atoms. The summed E-state index contributed by atoms with van der Waals surface area (Å²) in [4.78, 5) is 29.4. The van der Waals surface area contributed by atoms with E-state index < -0.39 is 12.1 Å². The topological polar surface area (TPSA) is 82.8 Å². The smallest absolute Gasteiger partial charge is 0.346 e. The third kappa shape index (κ3) is 5.63. The summed E-state index contributed by atoms with van der Waals surface area (Å²) in [6.07, 6.45) is 3.40. The first-order valence-corrected chi connectivity index (χ1v) is 11.7. The number of hydrogen-bond acceptors (Lipinski definition) is 6. The highest BCUT2D eigenvalue weighted by Crippen LogP contribution is 2.26. The van der Waals surface area contributed by atoms with Gasteiger partial charge in [0, 0.05) is 10.9 Å². The van der Waals surface area contributed by atoms with E-state index in [0.717, 1.165) is 22.9 Å². The van der Waals surface area contributed by atoms with Gasteiger partial charge in [-0.1, -0.05) is 29.3 Å². The quantitative estimate of drug-likeness (QED) is 0.281. The number of aromatic nitrogens is 2. The van der Waals surface area contributed by atoms with E-state index in [-0.39, 0.29) is 5.56 Å². The molecule has 3 aromatic rings. The van der Waals surface area contributed by atoms with Crippen molar-refractivity contribution in [3.8, 4) is 5.75 Å². The fourth-order valence-corrected chi connectivity index (χ4v) is 3.88. The fraction of sp³-hybridized carbons (Fsp3) is 0.304. The van der Waals surface area contributed by atoms with Gasteiger partial charge in [-0.15, -0.1) is 0 Å². The van der Waals surface area contributed by atoms with Gasteiger partial charge < -0.3 is 9.47 Å². The second-order valence-corrected chi connectivity index (χ2v) is 8.90. The molecule has 0 aliphatic heterocycles. The number of fused-ring (bicyclic) bond motifs is 1. The molecule has 0 N–H and O–H groups in total. The van der Waals surface area contributed by atoms with Gasteiger partial charge >= 0.3 is 5.97 Å². The molecule has 168 valence electrons. The molecule has 1 aromatic heterocycles. The van der Waals surface area contributed by atoms with Crippen LogP contribution in [0.2, 0.25) is 0 Å². The minimum absolute atomic E-state index is 0.218. The SMILES string of the molecule is CCCCc1nc2ccc(Br)cc2c(=O)n1N=Cc1ccc(O[C@@H](C)C(=O)OC)c(Br)c1. The van der Waals surface area contributed by atoms with Gasteiger partial charge in [-0.25, -0.2) is 9.78 Å². The zero-order valence-corrected chi connectivity index (χ0v) is 21.1. The predicted octanol–water partition coefficient (Wildman–Crippen LogP) is 5.09. The summed E-state index contributed by atoms with van der Waals surface area (Å²) in [7, 11) is 1.31. The Morgan fingerprint density at radius 3 is 2.72 bits per heavy atom. The standard InChI is InChI=1S/C23H23Br2N3O4/c1-4-5-6-21-27-19-9-8-16(24)12-17(19)22(29)28(21)26-13-15-7-10-20(18(25)11-15)32-14(2)23(30)31-3/h7-14H,4-6H2,1-3H3/t14-/m0/s1. The van der Waals surface area contributed by atoms with Crippen molar-refractivity contribution >= 4 is 54.9 Å². The minimum atomic E-state index is -0.737. The van der Waals surface area contributed by atoms with Crippen LogP contribution in [0.1, 0.15) is 38.1 Å². The molecular formula is C23H23Br2N3O4. The summed E-state index contributed by atoms with van der Waals surface area (Å²) in [5.41, 5.74) is 1.18. The molecule has 0 fully saturated rings. The highest BCUT2D eigenvalue weighted by Gasteiger charge is 2.16. The first-order chi connectivity index (χ1) is 15.3. The second kappa shape index (κ2) is 10.9. The maximum atomic E-state index is 13.1. The number of methoxy groups -OCH3 is 1. The van der Waals surface area contributed by atoms with Crippen molar-refractivity contribution in [3.63, 3.8) is 0 Å². The van der Waals surface area contributed by atoms with Crippen molar-refractivity contribution in [3.05, 3.63) is 67.1 Å². The number of hydrogen-bond donors (Lipinski definition) is 0. The zero-order chi connectivity index (χ0) is 23.3. The lowest BCUT2D eigenvalue weighted by molar-refractivity contribution is -0.147. The second-order valence-electron chi connectivity index (χ2n) is 7.13. The lowest BCUT2D eigenvalue weighted by Gasteiger charge is -2.14. The van der Waals surface area contributed by atoms with E-state index in [1.807, 2.05) is 12.1 Å². The van der Waals surface area contributed by atoms with Crippen molar-refractivity contribution < 1.29 is 14.3 Å². The van der Waals surface area contributed by atoms with Crippen molar-refractivity contribution in [2.24, 2.45) is 5.10 Å². The van der Waals surface area contributed by atoms with E-state index in [2.05, 4.69) is 53.6 Å². The van der Waals surface area contributed by atoms with Gasteiger partial charge in [0.2, 0.25) is 0 Å². The first kappa shape index (κ1) is 24.1. The van der Waals surface area contributed by atoms with Crippen molar-refractivity contribution in [2.75, 3.05) is 7.11 Å². The number of aryl methyl sites for hydroxylation is 1. The van der Waals surface area contributed by atoms with Crippen molar-refractivity contribution in [2.45, 2.75) is 39.2 Å². The molecule has 0 saturated carbocycles. The maximum absolute atomic E-state index is 13.1.